The van der Waals surface area contributed by atoms with E-state index >= 15 is 0 Å². The third kappa shape index (κ3) is 2.23. The van der Waals surface area contributed by atoms with Crippen molar-refractivity contribution in [3.8, 4) is 5.69 Å². The monoisotopic (exact) mass is 228 g/mol. The zero-order valence-corrected chi connectivity index (χ0v) is 9.63. The molecule has 2 aromatic rings. The topological polar surface area (TPSA) is 41.9 Å². The molecule has 2 heterocycles. The summed E-state index contributed by atoms with van der Waals surface area (Å²) in [4.78, 5) is 0. The number of hydrogen-bond donors (Lipinski definition) is 2. The molecule has 0 radical (unpaired) electrons. The molecule has 1 aromatic carbocycles. The second-order valence-electron chi connectivity index (χ2n) is 4.26. The maximum atomic E-state index is 4.41. The van der Waals surface area contributed by atoms with Crippen molar-refractivity contribution in [2.75, 3.05) is 19.6 Å². The number of hydrogen-bond acceptors (Lipinski definition) is 3. The molecule has 0 saturated carbocycles. The molecular formula is C13H16N4. The predicted octanol–water partition coefficient (Wildman–Crippen LogP) is 1.11. The maximum Gasteiger partial charge on any atom is 0.0645 e. The SMILES string of the molecule is c1ccc(-n2cc(C3CNCCN3)cn2)cc1. The van der Waals surface area contributed by atoms with Crippen molar-refractivity contribution in [1.82, 2.24) is 20.4 Å². The molecule has 17 heavy (non-hydrogen) atoms. The van der Waals surface area contributed by atoms with Crippen LogP contribution in [-0.4, -0.2) is 29.4 Å². The third-order valence-corrected chi connectivity index (χ3v) is 3.07. The Kier molecular flexibility index (Phi) is 2.90. The fourth-order valence-electron chi connectivity index (χ4n) is 2.13. The first kappa shape index (κ1) is 10.5. The van der Waals surface area contributed by atoms with Crippen LogP contribution in [0.3, 0.4) is 0 Å². The molecule has 2 N–H and O–H groups in total. The van der Waals surface area contributed by atoms with E-state index in [-0.39, 0.29) is 0 Å². The van der Waals surface area contributed by atoms with Gasteiger partial charge in [0.15, 0.2) is 0 Å². The quantitative estimate of drug-likeness (QED) is 0.809. The lowest BCUT2D eigenvalue weighted by Crippen LogP contribution is -2.42. The molecule has 1 fully saturated rings. The number of benzene rings is 1. The van der Waals surface area contributed by atoms with Gasteiger partial charge in [-0.05, 0) is 12.1 Å². The van der Waals surface area contributed by atoms with Crippen molar-refractivity contribution >= 4 is 0 Å². The number of para-hydroxylation sites is 1. The Morgan fingerprint density at radius 2 is 2.06 bits per heavy atom. The zero-order valence-electron chi connectivity index (χ0n) is 9.63. The summed E-state index contributed by atoms with van der Waals surface area (Å²) in [5, 5.41) is 11.3. The average Bonchev–Trinajstić information content (AvgIpc) is 2.90. The predicted molar refractivity (Wildman–Crippen MR) is 67.2 cm³/mol. The normalized spacial score (nSPS) is 20.4. The molecule has 0 bridgehead atoms. The van der Waals surface area contributed by atoms with Gasteiger partial charge in [-0.15, -0.1) is 0 Å². The lowest BCUT2D eigenvalue weighted by atomic mass is 10.1. The Hall–Kier alpha value is -1.65. The van der Waals surface area contributed by atoms with Gasteiger partial charge in [0.25, 0.3) is 0 Å². The highest BCUT2D eigenvalue weighted by atomic mass is 15.3. The summed E-state index contributed by atoms with van der Waals surface area (Å²) in [6, 6.07) is 10.6. The molecular weight excluding hydrogens is 212 g/mol. The van der Waals surface area contributed by atoms with Crippen molar-refractivity contribution in [3.63, 3.8) is 0 Å². The molecule has 0 aliphatic carbocycles. The van der Waals surface area contributed by atoms with Crippen LogP contribution in [0.25, 0.3) is 5.69 Å². The maximum absolute atomic E-state index is 4.41. The van der Waals surface area contributed by atoms with Gasteiger partial charge < -0.3 is 10.6 Å². The molecule has 0 spiro atoms. The van der Waals surface area contributed by atoms with E-state index in [1.54, 1.807) is 0 Å². The molecule has 1 aliphatic rings. The fourth-order valence-corrected chi connectivity index (χ4v) is 2.13. The van der Waals surface area contributed by atoms with Crippen molar-refractivity contribution in [3.05, 3.63) is 48.3 Å². The van der Waals surface area contributed by atoms with E-state index < -0.39 is 0 Å². The Bertz CT molecular complexity index is 471. The molecule has 1 saturated heterocycles. The van der Waals surface area contributed by atoms with E-state index in [2.05, 4.69) is 34.1 Å². The first-order valence-electron chi connectivity index (χ1n) is 5.97. The van der Waals surface area contributed by atoms with Gasteiger partial charge >= 0.3 is 0 Å². The Morgan fingerprint density at radius 3 is 2.82 bits per heavy atom. The van der Waals surface area contributed by atoms with Crippen LogP contribution in [0.4, 0.5) is 0 Å². The second kappa shape index (κ2) is 4.69. The number of nitrogens with zero attached hydrogens (tertiary/aromatic N) is 2. The van der Waals surface area contributed by atoms with Gasteiger partial charge in [0.05, 0.1) is 11.9 Å². The Balaban J connectivity index is 1.83. The van der Waals surface area contributed by atoms with Crippen molar-refractivity contribution in [1.29, 1.82) is 0 Å². The number of nitrogens with one attached hydrogen (secondary N) is 2. The van der Waals surface area contributed by atoms with Crippen molar-refractivity contribution in [2.45, 2.75) is 6.04 Å². The highest BCUT2D eigenvalue weighted by Gasteiger charge is 2.15. The lowest BCUT2D eigenvalue weighted by molar-refractivity contribution is 0.430. The summed E-state index contributed by atoms with van der Waals surface area (Å²) in [5.41, 5.74) is 2.34. The Labute approximate surface area is 101 Å². The van der Waals surface area contributed by atoms with Crippen molar-refractivity contribution in [2.24, 2.45) is 0 Å². The van der Waals surface area contributed by atoms with Crippen LogP contribution in [0.2, 0.25) is 0 Å². The van der Waals surface area contributed by atoms with E-state index in [4.69, 9.17) is 0 Å². The van der Waals surface area contributed by atoms with E-state index in [0.29, 0.717) is 6.04 Å². The van der Waals surface area contributed by atoms with E-state index in [9.17, 15) is 0 Å². The number of aromatic nitrogens is 2. The van der Waals surface area contributed by atoms with Gasteiger partial charge in [0, 0.05) is 37.4 Å². The minimum absolute atomic E-state index is 0.376. The summed E-state index contributed by atoms with van der Waals surface area (Å²) in [6.07, 6.45) is 4.04. The van der Waals surface area contributed by atoms with Gasteiger partial charge in [-0.2, -0.15) is 5.10 Å². The first-order chi connectivity index (χ1) is 8.43. The van der Waals surface area contributed by atoms with E-state index in [1.165, 1.54) is 5.56 Å². The van der Waals surface area contributed by atoms with Crippen molar-refractivity contribution < 1.29 is 0 Å². The molecule has 1 aliphatic heterocycles. The lowest BCUT2D eigenvalue weighted by Gasteiger charge is -2.23. The van der Waals surface area contributed by atoms with E-state index in [1.807, 2.05) is 29.1 Å². The average molecular weight is 228 g/mol. The number of rotatable bonds is 2. The largest absolute Gasteiger partial charge is 0.314 e. The highest BCUT2D eigenvalue weighted by Crippen LogP contribution is 2.15. The minimum Gasteiger partial charge on any atom is -0.314 e. The van der Waals surface area contributed by atoms with Gasteiger partial charge in [0.2, 0.25) is 0 Å². The summed E-state index contributed by atoms with van der Waals surface area (Å²) in [6.45, 7) is 3.03. The molecule has 4 heteroatoms. The minimum atomic E-state index is 0.376. The second-order valence-corrected chi connectivity index (χ2v) is 4.26. The molecule has 1 atom stereocenters. The molecule has 3 rings (SSSR count). The summed E-state index contributed by atoms with van der Waals surface area (Å²) in [7, 11) is 0. The van der Waals surface area contributed by atoms with Crippen LogP contribution in [0.1, 0.15) is 11.6 Å². The first-order valence-corrected chi connectivity index (χ1v) is 5.97. The molecule has 1 aromatic heterocycles. The smallest absolute Gasteiger partial charge is 0.0645 e. The van der Waals surface area contributed by atoms with Crippen LogP contribution in [0, 0.1) is 0 Å². The summed E-state index contributed by atoms with van der Waals surface area (Å²) < 4.78 is 1.92. The van der Waals surface area contributed by atoms with Gasteiger partial charge in [-0.25, -0.2) is 4.68 Å². The Morgan fingerprint density at radius 1 is 1.18 bits per heavy atom. The van der Waals surface area contributed by atoms with Crippen LogP contribution < -0.4 is 10.6 Å². The van der Waals surface area contributed by atoms with Gasteiger partial charge in [0.1, 0.15) is 0 Å². The molecule has 88 valence electrons. The third-order valence-electron chi connectivity index (χ3n) is 3.07. The molecule has 4 nitrogen and oxygen atoms in total. The summed E-state index contributed by atoms with van der Waals surface area (Å²) >= 11 is 0. The standard InChI is InChI=1S/C13H16N4/c1-2-4-12(5-3-1)17-10-11(8-16-17)13-9-14-6-7-15-13/h1-5,8,10,13-15H,6-7,9H2. The highest BCUT2D eigenvalue weighted by molar-refractivity contribution is 5.31. The van der Waals surface area contributed by atoms with Gasteiger partial charge in [-0.3, -0.25) is 0 Å². The number of piperazine rings is 1. The molecule has 0 amide bonds. The van der Waals surface area contributed by atoms with Crippen LogP contribution >= 0.6 is 0 Å². The van der Waals surface area contributed by atoms with E-state index in [0.717, 1.165) is 25.3 Å². The summed E-state index contributed by atoms with van der Waals surface area (Å²) in [5.74, 6) is 0. The van der Waals surface area contributed by atoms with Crippen LogP contribution in [-0.2, 0) is 0 Å². The van der Waals surface area contributed by atoms with Crippen LogP contribution in [0.5, 0.6) is 0 Å². The van der Waals surface area contributed by atoms with Gasteiger partial charge in [-0.1, -0.05) is 18.2 Å². The zero-order chi connectivity index (χ0) is 11.5. The molecule has 1 unspecified atom stereocenters. The fraction of sp³-hybridized carbons (Fsp3) is 0.308. The van der Waals surface area contributed by atoms with Crippen LogP contribution in [0.15, 0.2) is 42.7 Å².